The zero-order valence-electron chi connectivity index (χ0n) is 9.33. The van der Waals surface area contributed by atoms with Gasteiger partial charge in [-0.25, -0.2) is 0 Å². The van der Waals surface area contributed by atoms with E-state index in [-0.39, 0.29) is 11.9 Å². The van der Waals surface area contributed by atoms with E-state index >= 15 is 0 Å². The van der Waals surface area contributed by atoms with Crippen LogP contribution in [0.3, 0.4) is 0 Å². The zero-order valence-corrected chi connectivity index (χ0v) is 9.33. The maximum absolute atomic E-state index is 11.6. The predicted molar refractivity (Wildman–Crippen MR) is 57.9 cm³/mol. The van der Waals surface area contributed by atoms with Gasteiger partial charge in [0.2, 0.25) is 5.91 Å². The number of carbonyl (C=O) groups excluding carboxylic acids is 1. The quantitative estimate of drug-likeness (QED) is 0.741. The molecule has 1 fully saturated rings. The number of hydrogen-bond acceptors (Lipinski definition) is 2. The molecule has 0 aromatic rings. The molecule has 1 aliphatic carbocycles. The van der Waals surface area contributed by atoms with Gasteiger partial charge in [0.1, 0.15) is 0 Å². The fourth-order valence-corrected chi connectivity index (χ4v) is 2.11. The molecule has 0 spiro atoms. The number of nitrogens with two attached hydrogens (primary N) is 1. The van der Waals surface area contributed by atoms with Gasteiger partial charge >= 0.3 is 0 Å². The van der Waals surface area contributed by atoms with Gasteiger partial charge in [-0.2, -0.15) is 0 Å². The normalized spacial score (nSPS) is 19.6. The number of carbonyl (C=O) groups is 1. The molecule has 0 saturated heterocycles. The maximum atomic E-state index is 11.6. The lowest BCUT2D eigenvalue weighted by atomic mass is 10.1. The predicted octanol–water partition coefficient (Wildman–Crippen LogP) is 1.37. The van der Waals surface area contributed by atoms with Gasteiger partial charge in [0.25, 0.3) is 0 Å². The smallest absolute Gasteiger partial charge is 0.223 e. The SMILES string of the molecule is CC(N)CC(=O)N(C)CC1CCCC1. The molecule has 0 aromatic carbocycles. The number of nitrogens with zero attached hydrogens (tertiary/aromatic N) is 1. The molecule has 1 saturated carbocycles. The molecule has 1 unspecified atom stereocenters. The van der Waals surface area contributed by atoms with Crippen molar-refractivity contribution in [2.24, 2.45) is 11.7 Å². The van der Waals surface area contributed by atoms with Gasteiger partial charge in [-0.1, -0.05) is 12.8 Å². The Morgan fingerprint density at radius 2 is 2.07 bits per heavy atom. The minimum Gasteiger partial charge on any atom is -0.345 e. The van der Waals surface area contributed by atoms with Crippen LogP contribution in [0.25, 0.3) is 0 Å². The molecule has 0 heterocycles. The monoisotopic (exact) mass is 198 g/mol. The molecule has 2 N–H and O–H groups in total. The molecule has 3 nitrogen and oxygen atoms in total. The van der Waals surface area contributed by atoms with Gasteiger partial charge in [0.15, 0.2) is 0 Å². The van der Waals surface area contributed by atoms with Crippen LogP contribution in [0.5, 0.6) is 0 Å². The van der Waals surface area contributed by atoms with Crippen LogP contribution < -0.4 is 5.73 Å². The maximum Gasteiger partial charge on any atom is 0.223 e. The second-order valence-electron chi connectivity index (χ2n) is 4.61. The Kier molecular flexibility index (Phi) is 4.39. The summed E-state index contributed by atoms with van der Waals surface area (Å²) in [4.78, 5) is 13.4. The first kappa shape index (κ1) is 11.5. The first-order valence-electron chi connectivity index (χ1n) is 5.59. The Bertz CT molecular complexity index is 186. The first-order chi connectivity index (χ1) is 6.59. The summed E-state index contributed by atoms with van der Waals surface area (Å²) in [6.45, 7) is 2.80. The molecule has 82 valence electrons. The highest BCUT2D eigenvalue weighted by molar-refractivity contribution is 5.76. The van der Waals surface area contributed by atoms with Crippen LogP contribution in [0, 0.1) is 5.92 Å². The fourth-order valence-electron chi connectivity index (χ4n) is 2.11. The Morgan fingerprint density at radius 3 is 2.57 bits per heavy atom. The number of hydrogen-bond donors (Lipinski definition) is 1. The summed E-state index contributed by atoms with van der Waals surface area (Å²) in [6.07, 6.45) is 5.72. The molecule has 0 aliphatic heterocycles. The van der Waals surface area contributed by atoms with E-state index in [0.717, 1.165) is 12.5 Å². The van der Waals surface area contributed by atoms with Crippen molar-refractivity contribution in [2.45, 2.75) is 45.1 Å². The van der Waals surface area contributed by atoms with Crippen LogP contribution in [0.15, 0.2) is 0 Å². The van der Waals surface area contributed by atoms with Crippen molar-refractivity contribution < 1.29 is 4.79 Å². The summed E-state index contributed by atoms with van der Waals surface area (Å²) in [6, 6.07) is -0.0199. The van der Waals surface area contributed by atoms with Crippen molar-refractivity contribution in [3.05, 3.63) is 0 Å². The van der Waals surface area contributed by atoms with Gasteiger partial charge in [-0.05, 0) is 25.7 Å². The highest BCUT2D eigenvalue weighted by Gasteiger charge is 2.19. The van der Waals surface area contributed by atoms with Crippen LogP contribution in [-0.4, -0.2) is 30.4 Å². The standard InChI is InChI=1S/C11H22N2O/c1-9(12)7-11(14)13(2)8-10-5-3-4-6-10/h9-10H,3-8,12H2,1-2H3. The molecule has 3 heteroatoms. The third kappa shape index (κ3) is 3.66. The van der Waals surface area contributed by atoms with Crippen molar-refractivity contribution in [1.82, 2.24) is 4.90 Å². The second-order valence-corrected chi connectivity index (χ2v) is 4.61. The van der Waals surface area contributed by atoms with Crippen molar-refractivity contribution in [1.29, 1.82) is 0 Å². The molecule has 1 aliphatic rings. The van der Waals surface area contributed by atoms with Crippen LogP contribution in [0.1, 0.15) is 39.0 Å². The highest BCUT2D eigenvalue weighted by atomic mass is 16.2. The van der Waals surface area contributed by atoms with Crippen LogP contribution in [-0.2, 0) is 4.79 Å². The number of rotatable bonds is 4. The summed E-state index contributed by atoms with van der Waals surface area (Å²) in [5, 5.41) is 0. The summed E-state index contributed by atoms with van der Waals surface area (Å²) >= 11 is 0. The third-order valence-electron chi connectivity index (χ3n) is 2.93. The lowest BCUT2D eigenvalue weighted by Crippen LogP contribution is -2.34. The van der Waals surface area contributed by atoms with Crippen molar-refractivity contribution in [2.75, 3.05) is 13.6 Å². The van der Waals surface area contributed by atoms with Crippen molar-refractivity contribution in [3.8, 4) is 0 Å². The zero-order chi connectivity index (χ0) is 10.6. The van der Waals surface area contributed by atoms with E-state index in [1.165, 1.54) is 25.7 Å². The van der Waals surface area contributed by atoms with E-state index in [0.29, 0.717) is 6.42 Å². The largest absolute Gasteiger partial charge is 0.345 e. The molecule has 0 bridgehead atoms. The fraction of sp³-hybridized carbons (Fsp3) is 0.909. The topological polar surface area (TPSA) is 46.3 Å². The van der Waals surface area contributed by atoms with E-state index in [9.17, 15) is 4.79 Å². The minimum absolute atomic E-state index is 0.0199. The van der Waals surface area contributed by atoms with Gasteiger partial charge in [-0.15, -0.1) is 0 Å². The average Bonchev–Trinajstić information content (AvgIpc) is 2.55. The molecule has 14 heavy (non-hydrogen) atoms. The van der Waals surface area contributed by atoms with Gasteiger partial charge in [0.05, 0.1) is 0 Å². The van der Waals surface area contributed by atoms with E-state index in [4.69, 9.17) is 5.73 Å². The Hall–Kier alpha value is -0.570. The summed E-state index contributed by atoms with van der Waals surface area (Å²) < 4.78 is 0. The lowest BCUT2D eigenvalue weighted by molar-refractivity contribution is -0.130. The van der Waals surface area contributed by atoms with E-state index in [1.807, 2.05) is 18.9 Å². The lowest BCUT2D eigenvalue weighted by Gasteiger charge is -2.21. The Labute approximate surface area is 86.6 Å². The first-order valence-corrected chi connectivity index (χ1v) is 5.59. The number of amides is 1. The summed E-state index contributed by atoms with van der Waals surface area (Å²) in [7, 11) is 1.89. The Morgan fingerprint density at radius 1 is 1.50 bits per heavy atom. The molecule has 1 atom stereocenters. The van der Waals surface area contributed by atoms with Gasteiger partial charge < -0.3 is 10.6 Å². The highest BCUT2D eigenvalue weighted by Crippen LogP contribution is 2.25. The van der Waals surface area contributed by atoms with Crippen LogP contribution in [0.4, 0.5) is 0 Å². The van der Waals surface area contributed by atoms with Crippen molar-refractivity contribution in [3.63, 3.8) is 0 Å². The molecule has 1 amide bonds. The summed E-state index contributed by atoms with van der Waals surface area (Å²) in [5.74, 6) is 0.920. The minimum atomic E-state index is -0.0199. The molecular formula is C11H22N2O. The summed E-state index contributed by atoms with van der Waals surface area (Å²) in [5.41, 5.74) is 5.59. The third-order valence-corrected chi connectivity index (χ3v) is 2.93. The molecule has 1 rings (SSSR count). The van der Waals surface area contributed by atoms with E-state index < -0.39 is 0 Å². The van der Waals surface area contributed by atoms with Gasteiger partial charge in [0, 0.05) is 26.1 Å². The van der Waals surface area contributed by atoms with E-state index in [1.54, 1.807) is 0 Å². The van der Waals surface area contributed by atoms with Crippen molar-refractivity contribution >= 4 is 5.91 Å². The van der Waals surface area contributed by atoms with E-state index in [2.05, 4.69) is 0 Å². The van der Waals surface area contributed by atoms with Gasteiger partial charge in [-0.3, -0.25) is 4.79 Å². The average molecular weight is 198 g/mol. The Balaban J connectivity index is 2.25. The van der Waals surface area contributed by atoms with Crippen LogP contribution >= 0.6 is 0 Å². The molecule has 0 radical (unpaired) electrons. The van der Waals surface area contributed by atoms with Crippen LogP contribution in [0.2, 0.25) is 0 Å². The molecule has 0 aromatic heterocycles. The second kappa shape index (κ2) is 5.35. The molecular weight excluding hydrogens is 176 g/mol.